The van der Waals surface area contributed by atoms with Gasteiger partial charge in [-0.15, -0.1) is 13.2 Å². The van der Waals surface area contributed by atoms with Gasteiger partial charge in [0.05, 0.1) is 0 Å². The molecule has 0 aliphatic rings. The smallest absolute Gasteiger partial charge is 0.372 e. The standard InChI is InChI=1S/C10H10F3NO2/c11-10(12,13)16-9(15)8(14)6-7-4-2-1-3-5-7/h1-5,8H,6,14H2/t8-/m1/s1. The molecule has 6 heteroatoms. The highest BCUT2D eigenvalue weighted by molar-refractivity contribution is 5.76. The molecule has 0 aliphatic carbocycles. The van der Waals surface area contributed by atoms with Crippen LogP contribution >= 0.6 is 0 Å². The van der Waals surface area contributed by atoms with Gasteiger partial charge in [-0.3, -0.25) is 4.79 Å². The van der Waals surface area contributed by atoms with Gasteiger partial charge in [-0.2, -0.15) is 0 Å². The second kappa shape index (κ2) is 4.98. The summed E-state index contributed by atoms with van der Waals surface area (Å²) in [5.41, 5.74) is 5.96. The van der Waals surface area contributed by atoms with E-state index in [0.29, 0.717) is 5.56 Å². The first-order chi connectivity index (χ1) is 7.38. The van der Waals surface area contributed by atoms with Crippen LogP contribution in [-0.2, 0) is 16.0 Å². The Morgan fingerprint density at radius 3 is 2.38 bits per heavy atom. The normalized spacial score (nSPS) is 13.2. The molecule has 2 N–H and O–H groups in total. The maximum absolute atomic E-state index is 11.7. The van der Waals surface area contributed by atoms with Crippen molar-refractivity contribution in [2.45, 2.75) is 18.8 Å². The number of ether oxygens (including phenoxy) is 1. The Kier molecular flexibility index (Phi) is 3.89. The Labute approximate surface area is 90.0 Å². The fraction of sp³-hybridized carbons (Fsp3) is 0.300. The van der Waals surface area contributed by atoms with Crippen molar-refractivity contribution in [2.75, 3.05) is 0 Å². The summed E-state index contributed by atoms with van der Waals surface area (Å²) in [5.74, 6) is -1.48. The van der Waals surface area contributed by atoms with Crippen molar-refractivity contribution in [3.05, 3.63) is 35.9 Å². The first-order valence-corrected chi connectivity index (χ1v) is 4.47. The minimum atomic E-state index is -4.98. The van der Waals surface area contributed by atoms with Crippen LogP contribution in [0.15, 0.2) is 30.3 Å². The molecule has 16 heavy (non-hydrogen) atoms. The molecule has 1 rings (SSSR count). The number of alkyl halides is 3. The first kappa shape index (κ1) is 12.5. The summed E-state index contributed by atoms with van der Waals surface area (Å²) in [6.07, 6.45) is -4.97. The molecule has 0 saturated heterocycles. The second-order valence-corrected chi connectivity index (χ2v) is 3.16. The number of benzene rings is 1. The SMILES string of the molecule is N[C@H](Cc1ccccc1)C(=O)OC(F)(F)F. The van der Waals surface area contributed by atoms with Gasteiger partial charge >= 0.3 is 12.3 Å². The van der Waals surface area contributed by atoms with Gasteiger partial charge < -0.3 is 10.5 Å². The van der Waals surface area contributed by atoms with Crippen molar-refractivity contribution in [3.63, 3.8) is 0 Å². The Hall–Kier alpha value is -1.56. The molecule has 0 fully saturated rings. The lowest BCUT2D eigenvalue weighted by atomic mass is 10.1. The highest BCUT2D eigenvalue weighted by Gasteiger charge is 2.35. The third-order valence-electron chi connectivity index (χ3n) is 1.82. The van der Waals surface area contributed by atoms with Crippen molar-refractivity contribution in [1.29, 1.82) is 0 Å². The summed E-state index contributed by atoms with van der Waals surface area (Å²) >= 11 is 0. The topological polar surface area (TPSA) is 52.3 Å². The van der Waals surface area contributed by atoms with Crippen LogP contribution < -0.4 is 5.73 Å². The van der Waals surface area contributed by atoms with Crippen LogP contribution in [0, 0.1) is 0 Å². The number of carbonyl (C=O) groups is 1. The summed E-state index contributed by atoms with van der Waals surface area (Å²) in [7, 11) is 0. The number of carbonyl (C=O) groups excluding carboxylic acids is 1. The fourth-order valence-corrected chi connectivity index (χ4v) is 1.14. The van der Waals surface area contributed by atoms with E-state index >= 15 is 0 Å². The van der Waals surface area contributed by atoms with Crippen LogP contribution in [0.4, 0.5) is 13.2 Å². The van der Waals surface area contributed by atoms with Gasteiger partial charge in [-0.1, -0.05) is 30.3 Å². The van der Waals surface area contributed by atoms with Gasteiger partial charge in [0.25, 0.3) is 0 Å². The monoisotopic (exact) mass is 233 g/mol. The van der Waals surface area contributed by atoms with E-state index in [1.54, 1.807) is 30.3 Å². The Bertz CT molecular complexity index is 351. The van der Waals surface area contributed by atoms with Crippen molar-refractivity contribution in [1.82, 2.24) is 0 Å². The van der Waals surface area contributed by atoms with Gasteiger partial charge in [-0.05, 0) is 12.0 Å². The second-order valence-electron chi connectivity index (χ2n) is 3.16. The Morgan fingerprint density at radius 2 is 1.88 bits per heavy atom. The first-order valence-electron chi connectivity index (χ1n) is 4.47. The molecule has 1 aromatic carbocycles. The van der Waals surface area contributed by atoms with Crippen LogP contribution in [0.2, 0.25) is 0 Å². The van der Waals surface area contributed by atoms with E-state index in [2.05, 4.69) is 4.74 Å². The Morgan fingerprint density at radius 1 is 1.31 bits per heavy atom. The average Bonchev–Trinajstić information content (AvgIpc) is 2.16. The predicted octanol–water partition coefficient (Wildman–Crippen LogP) is 1.62. The zero-order valence-corrected chi connectivity index (χ0v) is 8.20. The molecule has 0 amide bonds. The van der Waals surface area contributed by atoms with Crippen molar-refractivity contribution < 1.29 is 22.7 Å². The van der Waals surface area contributed by atoms with E-state index in [9.17, 15) is 18.0 Å². The lowest BCUT2D eigenvalue weighted by Gasteiger charge is -2.12. The number of halogens is 3. The van der Waals surface area contributed by atoms with Gasteiger partial charge in [0.2, 0.25) is 0 Å². The molecule has 0 aliphatic heterocycles. The third kappa shape index (κ3) is 4.31. The highest BCUT2D eigenvalue weighted by atomic mass is 19.4. The van der Waals surface area contributed by atoms with E-state index in [1.165, 1.54) is 0 Å². The molecular formula is C10H10F3NO2. The number of esters is 1. The molecule has 88 valence electrons. The molecule has 0 spiro atoms. The summed E-state index contributed by atoms with van der Waals surface area (Å²) in [6, 6.07) is 7.18. The van der Waals surface area contributed by atoms with E-state index < -0.39 is 18.4 Å². The van der Waals surface area contributed by atoms with Crippen LogP contribution in [0.3, 0.4) is 0 Å². The van der Waals surface area contributed by atoms with Gasteiger partial charge in [0.1, 0.15) is 6.04 Å². The van der Waals surface area contributed by atoms with E-state index in [4.69, 9.17) is 5.73 Å². The Balaban J connectivity index is 2.53. The largest absolute Gasteiger partial charge is 0.575 e. The molecule has 0 unspecified atom stereocenters. The molecule has 0 bridgehead atoms. The predicted molar refractivity (Wildman–Crippen MR) is 50.3 cm³/mol. The molecule has 0 radical (unpaired) electrons. The third-order valence-corrected chi connectivity index (χ3v) is 1.82. The zero-order valence-electron chi connectivity index (χ0n) is 8.20. The minimum absolute atomic E-state index is 0.00968. The van der Waals surface area contributed by atoms with E-state index in [-0.39, 0.29) is 6.42 Å². The van der Waals surface area contributed by atoms with Crippen molar-refractivity contribution in [2.24, 2.45) is 5.73 Å². The quantitative estimate of drug-likeness (QED) is 0.807. The van der Waals surface area contributed by atoms with Crippen molar-refractivity contribution >= 4 is 5.97 Å². The fourth-order valence-electron chi connectivity index (χ4n) is 1.14. The van der Waals surface area contributed by atoms with Gasteiger partial charge in [0, 0.05) is 0 Å². The molecule has 3 nitrogen and oxygen atoms in total. The molecule has 0 aromatic heterocycles. The summed E-state index contributed by atoms with van der Waals surface area (Å²) in [4.78, 5) is 10.9. The maximum Gasteiger partial charge on any atom is 0.575 e. The van der Waals surface area contributed by atoms with E-state index in [1.807, 2.05) is 0 Å². The average molecular weight is 233 g/mol. The molecule has 0 heterocycles. The number of hydrogen-bond acceptors (Lipinski definition) is 3. The lowest BCUT2D eigenvalue weighted by molar-refractivity contribution is -0.306. The summed E-state index contributed by atoms with van der Waals surface area (Å²) in [5, 5.41) is 0. The molecule has 1 aromatic rings. The number of rotatable bonds is 3. The minimum Gasteiger partial charge on any atom is -0.372 e. The van der Waals surface area contributed by atoms with Crippen LogP contribution in [0.25, 0.3) is 0 Å². The van der Waals surface area contributed by atoms with Crippen molar-refractivity contribution in [3.8, 4) is 0 Å². The zero-order chi connectivity index (χ0) is 12.2. The molecular weight excluding hydrogens is 223 g/mol. The number of nitrogens with two attached hydrogens (primary N) is 1. The van der Waals surface area contributed by atoms with Crippen LogP contribution in [0.5, 0.6) is 0 Å². The number of hydrogen-bond donors (Lipinski definition) is 1. The van der Waals surface area contributed by atoms with Crippen LogP contribution in [-0.4, -0.2) is 18.4 Å². The van der Waals surface area contributed by atoms with Gasteiger partial charge in [0.15, 0.2) is 0 Å². The molecule has 1 atom stereocenters. The van der Waals surface area contributed by atoms with Crippen LogP contribution in [0.1, 0.15) is 5.56 Å². The van der Waals surface area contributed by atoms with Gasteiger partial charge in [-0.25, -0.2) is 0 Å². The molecule has 0 saturated carbocycles. The maximum atomic E-state index is 11.7. The van der Waals surface area contributed by atoms with E-state index in [0.717, 1.165) is 0 Å². The summed E-state index contributed by atoms with van der Waals surface area (Å²) in [6.45, 7) is 0. The lowest BCUT2D eigenvalue weighted by Crippen LogP contribution is -2.37. The highest BCUT2D eigenvalue weighted by Crippen LogP contribution is 2.17. The summed E-state index contributed by atoms with van der Waals surface area (Å²) < 4.78 is 38.3.